The molecule has 0 aromatic carbocycles. The molecule has 2 unspecified atom stereocenters. The molecule has 2 atom stereocenters. The van der Waals surface area contributed by atoms with Crippen molar-refractivity contribution in [2.75, 3.05) is 11.5 Å². The van der Waals surface area contributed by atoms with Gasteiger partial charge in [0.2, 0.25) is 0 Å². The van der Waals surface area contributed by atoms with Crippen LogP contribution in [0.2, 0.25) is 0 Å². The van der Waals surface area contributed by atoms with Gasteiger partial charge in [-0.15, -0.1) is 0 Å². The van der Waals surface area contributed by atoms with E-state index < -0.39 is 21.4 Å². The van der Waals surface area contributed by atoms with Crippen LogP contribution in [-0.2, 0) is 9.84 Å². The van der Waals surface area contributed by atoms with Crippen molar-refractivity contribution in [1.82, 2.24) is 4.98 Å². The second-order valence-electron chi connectivity index (χ2n) is 4.74. The van der Waals surface area contributed by atoms with Crippen molar-refractivity contribution in [3.63, 3.8) is 0 Å². The Labute approximate surface area is 106 Å². The van der Waals surface area contributed by atoms with E-state index in [9.17, 15) is 18.8 Å². The average molecular weight is 266 g/mol. The first kappa shape index (κ1) is 13.0. The highest BCUT2D eigenvalue weighted by molar-refractivity contribution is 7.91. The fourth-order valence-corrected chi connectivity index (χ4v) is 4.27. The van der Waals surface area contributed by atoms with Crippen LogP contribution in [0.15, 0.2) is 18.5 Å². The maximum Gasteiger partial charge on any atom is 0.152 e. The third-order valence-electron chi connectivity index (χ3n) is 3.46. The molecule has 1 aliphatic rings. The molecule has 0 bridgehead atoms. The number of hydrogen-bond acceptors (Lipinski definition) is 5. The summed E-state index contributed by atoms with van der Waals surface area (Å²) in [4.78, 5) is 3.92. The number of aliphatic hydroxyl groups is 1. The molecule has 2 rings (SSSR count). The Balaban J connectivity index is 2.42. The Bertz CT molecular complexity index is 606. The first-order chi connectivity index (χ1) is 8.40. The maximum atomic E-state index is 11.5. The summed E-state index contributed by atoms with van der Waals surface area (Å²) in [6.45, 7) is 1.80. The second-order valence-corrected chi connectivity index (χ2v) is 6.93. The summed E-state index contributed by atoms with van der Waals surface area (Å²) >= 11 is 0. The zero-order valence-electron chi connectivity index (χ0n) is 10.00. The number of aliphatic hydroxyl groups excluding tert-OH is 1. The van der Waals surface area contributed by atoms with Gasteiger partial charge >= 0.3 is 0 Å². The Hall–Kier alpha value is -1.45. The molecule has 5 nitrogen and oxygen atoms in total. The highest BCUT2D eigenvalue weighted by Crippen LogP contribution is 2.43. The molecule has 1 fully saturated rings. The molecule has 0 aliphatic carbocycles. The van der Waals surface area contributed by atoms with Gasteiger partial charge in [-0.05, 0) is 25.0 Å². The fourth-order valence-electron chi connectivity index (χ4n) is 2.30. The summed E-state index contributed by atoms with van der Waals surface area (Å²) in [5, 5.41) is 19.6. The monoisotopic (exact) mass is 266 g/mol. The molecule has 0 spiro atoms. The predicted octanol–water partition coefficient (Wildman–Crippen LogP) is 0.752. The molecule has 0 amide bonds. The minimum absolute atomic E-state index is 0.0447. The van der Waals surface area contributed by atoms with Gasteiger partial charge in [-0.1, -0.05) is 0 Å². The molecule has 1 aromatic rings. The smallest absolute Gasteiger partial charge is 0.152 e. The van der Waals surface area contributed by atoms with Gasteiger partial charge in [-0.25, -0.2) is 8.42 Å². The molecular formula is C12H14N2O3S. The van der Waals surface area contributed by atoms with Crippen LogP contribution in [-0.4, -0.2) is 30.0 Å². The maximum absolute atomic E-state index is 11.5. The molecule has 96 valence electrons. The van der Waals surface area contributed by atoms with Crippen molar-refractivity contribution in [2.24, 2.45) is 5.41 Å². The first-order valence-electron chi connectivity index (χ1n) is 5.60. The first-order valence-corrected chi connectivity index (χ1v) is 7.43. The summed E-state index contributed by atoms with van der Waals surface area (Å²) in [7, 11) is -3.23. The highest BCUT2D eigenvalue weighted by Gasteiger charge is 2.48. The number of aryl methyl sites for hydroxylation is 1. The summed E-state index contributed by atoms with van der Waals surface area (Å²) < 4.78 is 23.1. The van der Waals surface area contributed by atoms with E-state index in [1.54, 1.807) is 19.2 Å². The van der Waals surface area contributed by atoms with Crippen molar-refractivity contribution >= 4 is 9.84 Å². The lowest BCUT2D eigenvalue weighted by Crippen LogP contribution is -2.29. The van der Waals surface area contributed by atoms with Gasteiger partial charge in [0.25, 0.3) is 0 Å². The number of pyridine rings is 1. The molecule has 2 heterocycles. The van der Waals surface area contributed by atoms with Crippen molar-refractivity contribution in [2.45, 2.75) is 19.4 Å². The highest BCUT2D eigenvalue weighted by atomic mass is 32.2. The van der Waals surface area contributed by atoms with Gasteiger partial charge in [0.05, 0.1) is 17.6 Å². The summed E-state index contributed by atoms with van der Waals surface area (Å²) in [5.74, 6) is -0.330. The summed E-state index contributed by atoms with van der Waals surface area (Å²) in [6.07, 6.45) is 2.13. The van der Waals surface area contributed by atoms with E-state index >= 15 is 0 Å². The lowest BCUT2D eigenvalue weighted by atomic mass is 9.79. The van der Waals surface area contributed by atoms with Crippen LogP contribution in [0.1, 0.15) is 23.7 Å². The molecule has 1 aromatic heterocycles. The van der Waals surface area contributed by atoms with E-state index in [4.69, 9.17) is 0 Å². The summed E-state index contributed by atoms with van der Waals surface area (Å²) in [6, 6.07) is 3.73. The average Bonchev–Trinajstić information content (AvgIpc) is 2.66. The SMILES string of the molecule is Cc1ccncc1C(O)C1(C#N)CCS(=O)(=O)C1. The zero-order chi connectivity index (χ0) is 13.4. The third kappa shape index (κ3) is 2.11. The summed E-state index contributed by atoms with van der Waals surface area (Å²) in [5.41, 5.74) is 0.0830. The van der Waals surface area contributed by atoms with Gasteiger partial charge in [-0.2, -0.15) is 5.26 Å². The van der Waals surface area contributed by atoms with E-state index in [0.29, 0.717) is 5.56 Å². The van der Waals surface area contributed by atoms with Gasteiger partial charge < -0.3 is 5.11 Å². The largest absolute Gasteiger partial charge is 0.387 e. The van der Waals surface area contributed by atoms with Crippen LogP contribution in [0.25, 0.3) is 0 Å². The number of aromatic nitrogens is 1. The van der Waals surface area contributed by atoms with Crippen LogP contribution in [0.5, 0.6) is 0 Å². The number of nitrogens with zero attached hydrogens (tertiary/aromatic N) is 2. The molecule has 0 radical (unpaired) electrons. The molecular weight excluding hydrogens is 252 g/mol. The van der Waals surface area contributed by atoms with Crippen LogP contribution in [0, 0.1) is 23.7 Å². The normalized spacial score (nSPS) is 27.6. The molecule has 6 heteroatoms. The number of rotatable bonds is 2. The van der Waals surface area contributed by atoms with Crippen LogP contribution in [0.4, 0.5) is 0 Å². The van der Waals surface area contributed by atoms with Crippen molar-refractivity contribution in [3.05, 3.63) is 29.6 Å². The van der Waals surface area contributed by atoms with Gasteiger partial charge in [0.1, 0.15) is 11.5 Å². The van der Waals surface area contributed by atoms with E-state index in [2.05, 4.69) is 4.98 Å². The minimum atomic E-state index is -3.23. The Morgan fingerprint density at radius 3 is 2.83 bits per heavy atom. The van der Waals surface area contributed by atoms with Crippen molar-refractivity contribution in [1.29, 1.82) is 5.26 Å². The van der Waals surface area contributed by atoms with Crippen LogP contribution in [0.3, 0.4) is 0 Å². The Morgan fingerprint density at radius 2 is 2.33 bits per heavy atom. The molecule has 1 N–H and O–H groups in total. The van der Waals surface area contributed by atoms with Gasteiger partial charge in [0.15, 0.2) is 9.84 Å². The standard InChI is InChI=1S/C12H14N2O3S/c1-9-2-4-14-6-10(9)11(15)12(7-13)3-5-18(16,17)8-12/h2,4,6,11,15H,3,5,8H2,1H3. The zero-order valence-corrected chi connectivity index (χ0v) is 10.8. The topological polar surface area (TPSA) is 91.1 Å². The Kier molecular flexibility index (Phi) is 3.13. The lowest BCUT2D eigenvalue weighted by Gasteiger charge is -2.26. The lowest BCUT2D eigenvalue weighted by molar-refractivity contribution is 0.0784. The molecule has 18 heavy (non-hydrogen) atoms. The van der Waals surface area contributed by atoms with Gasteiger partial charge in [-0.3, -0.25) is 4.98 Å². The van der Waals surface area contributed by atoms with E-state index in [1.165, 1.54) is 6.20 Å². The van der Waals surface area contributed by atoms with Crippen LogP contribution >= 0.6 is 0 Å². The van der Waals surface area contributed by atoms with Crippen molar-refractivity contribution in [3.8, 4) is 6.07 Å². The number of sulfone groups is 1. The number of hydrogen-bond donors (Lipinski definition) is 1. The minimum Gasteiger partial charge on any atom is -0.387 e. The van der Waals surface area contributed by atoms with Crippen LogP contribution < -0.4 is 0 Å². The quantitative estimate of drug-likeness (QED) is 0.853. The predicted molar refractivity (Wildman–Crippen MR) is 65.3 cm³/mol. The Morgan fingerprint density at radius 1 is 1.61 bits per heavy atom. The number of nitriles is 1. The van der Waals surface area contributed by atoms with E-state index in [0.717, 1.165) is 5.56 Å². The van der Waals surface area contributed by atoms with Gasteiger partial charge in [0, 0.05) is 18.0 Å². The van der Waals surface area contributed by atoms with Crippen molar-refractivity contribution < 1.29 is 13.5 Å². The van der Waals surface area contributed by atoms with E-state index in [-0.39, 0.29) is 17.9 Å². The fraction of sp³-hybridized carbons (Fsp3) is 0.500. The molecule has 1 aliphatic heterocycles. The second kappa shape index (κ2) is 4.34. The third-order valence-corrected chi connectivity index (χ3v) is 5.24. The molecule has 0 saturated carbocycles. The van der Waals surface area contributed by atoms with E-state index in [1.807, 2.05) is 6.07 Å². The molecule has 1 saturated heterocycles.